The molecular formula is C27H24Cl2N2O4. The first kappa shape index (κ1) is 24.6. The number of aliphatic hydroxyl groups is 1. The highest BCUT2D eigenvalue weighted by molar-refractivity contribution is 6.51. The van der Waals surface area contributed by atoms with Crippen LogP contribution in [-0.2, 0) is 9.59 Å². The van der Waals surface area contributed by atoms with Gasteiger partial charge in [-0.2, -0.15) is 0 Å². The summed E-state index contributed by atoms with van der Waals surface area (Å²) >= 11 is 12.1. The van der Waals surface area contributed by atoms with Gasteiger partial charge in [-0.05, 0) is 74.0 Å². The number of nitrogens with zero attached hydrogens (tertiary/aromatic N) is 2. The average molecular weight is 511 g/mol. The Hall–Kier alpha value is -3.48. The molecule has 2 N–H and O–H groups in total. The Morgan fingerprint density at radius 1 is 0.914 bits per heavy atom. The number of benzene rings is 3. The van der Waals surface area contributed by atoms with Crippen molar-refractivity contribution in [1.82, 2.24) is 0 Å². The molecule has 1 fully saturated rings. The SMILES string of the molecule is CCN(CC)c1ccc(N2C(=O)C(=O)/C(=C(\O)c3ccc(Cl)c(Cl)c3)C2c2ccc(O)cc2)cc1. The van der Waals surface area contributed by atoms with Crippen LogP contribution in [0.1, 0.15) is 31.0 Å². The van der Waals surface area contributed by atoms with Crippen molar-refractivity contribution >= 4 is 52.0 Å². The number of aromatic hydroxyl groups is 1. The lowest BCUT2D eigenvalue weighted by molar-refractivity contribution is -0.132. The monoisotopic (exact) mass is 510 g/mol. The molecule has 6 nitrogen and oxygen atoms in total. The third-order valence-electron chi connectivity index (χ3n) is 6.10. The van der Waals surface area contributed by atoms with Crippen LogP contribution in [0, 0.1) is 0 Å². The number of ketones is 1. The molecule has 1 heterocycles. The van der Waals surface area contributed by atoms with Gasteiger partial charge in [0.25, 0.3) is 11.7 Å². The van der Waals surface area contributed by atoms with Crippen LogP contribution in [0.3, 0.4) is 0 Å². The van der Waals surface area contributed by atoms with E-state index in [0.29, 0.717) is 16.3 Å². The summed E-state index contributed by atoms with van der Waals surface area (Å²) in [5.41, 5.74) is 2.24. The molecule has 1 atom stereocenters. The Labute approximate surface area is 213 Å². The summed E-state index contributed by atoms with van der Waals surface area (Å²) in [4.78, 5) is 30.1. The fourth-order valence-corrected chi connectivity index (χ4v) is 4.58. The number of carbonyl (C=O) groups is 2. The molecule has 35 heavy (non-hydrogen) atoms. The summed E-state index contributed by atoms with van der Waals surface area (Å²) in [6, 6.07) is 17.1. The Morgan fingerprint density at radius 3 is 2.11 bits per heavy atom. The van der Waals surface area contributed by atoms with E-state index in [4.69, 9.17) is 23.2 Å². The van der Waals surface area contributed by atoms with Gasteiger partial charge in [-0.3, -0.25) is 14.5 Å². The molecule has 0 aromatic heterocycles. The van der Waals surface area contributed by atoms with Gasteiger partial charge in [-0.25, -0.2) is 0 Å². The zero-order valence-corrected chi connectivity index (χ0v) is 20.7. The van der Waals surface area contributed by atoms with Crippen molar-refractivity contribution < 1.29 is 19.8 Å². The lowest BCUT2D eigenvalue weighted by Gasteiger charge is -2.27. The number of carbonyl (C=O) groups excluding carboxylic acids is 2. The lowest BCUT2D eigenvalue weighted by atomic mass is 9.95. The quantitative estimate of drug-likeness (QED) is 0.235. The predicted molar refractivity (Wildman–Crippen MR) is 139 cm³/mol. The van der Waals surface area contributed by atoms with Gasteiger partial charge in [0.15, 0.2) is 0 Å². The molecule has 0 aliphatic carbocycles. The second kappa shape index (κ2) is 10.0. The Kier molecular flexibility index (Phi) is 7.05. The molecule has 4 rings (SSSR count). The maximum absolute atomic E-state index is 13.3. The first-order valence-electron chi connectivity index (χ1n) is 11.2. The summed E-state index contributed by atoms with van der Waals surface area (Å²) in [5.74, 6) is -1.90. The van der Waals surface area contributed by atoms with E-state index in [-0.39, 0.29) is 27.7 Å². The van der Waals surface area contributed by atoms with Gasteiger partial charge < -0.3 is 15.1 Å². The third kappa shape index (κ3) is 4.59. The minimum Gasteiger partial charge on any atom is -0.508 e. The van der Waals surface area contributed by atoms with E-state index >= 15 is 0 Å². The highest BCUT2D eigenvalue weighted by Gasteiger charge is 2.47. The van der Waals surface area contributed by atoms with Crippen LogP contribution in [0.25, 0.3) is 5.76 Å². The molecule has 0 saturated carbocycles. The van der Waals surface area contributed by atoms with Crippen LogP contribution in [-0.4, -0.2) is 35.0 Å². The molecule has 0 spiro atoms. The number of hydrogen-bond donors (Lipinski definition) is 2. The van der Waals surface area contributed by atoms with Crippen molar-refractivity contribution in [3.05, 3.63) is 93.5 Å². The molecule has 1 amide bonds. The zero-order chi connectivity index (χ0) is 25.3. The second-order valence-corrected chi connectivity index (χ2v) is 8.89. The number of rotatable bonds is 6. The molecule has 3 aromatic rings. The first-order valence-corrected chi connectivity index (χ1v) is 11.9. The molecule has 1 unspecified atom stereocenters. The van der Waals surface area contributed by atoms with Gasteiger partial charge in [-0.15, -0.1) is 0 Å². The number of amides is 1. The maximum Gasteiger partial charge on any atom is 0.300 e. The molecule has 0 bridgehead atoms. The van der Waals surface area contributed by atoms with Gasteiger partial charge in [0, 0.05) is 30.0 Å². The standard InChI is InChI=1S/C27H24Cl2N2O4/c1-3-30(4-2)18-8-10-19(11-9-18)31-24(16-5-12-20(32)13-6-16)23(26(34)27(31)35)25(33)17-7-14-21(28)22(29)15-17/h5-15,24,32-33H,3-4H2,1-2H3/b25-23-. The van der Waals surface area contributed by atoms with Crippen LogP contribution in [0.5, 0.6) is 5.75 Å². The molecule has 8 heteroatoms. The molecule has 1 saturated heterocycles. The predicted octanol–water partition coefficient (Wildman–Crippen LogP) is 6.17. The van der Waals surface area contributed by atoms with Crippen molar-refractivity contribution in [3.8, 4) is 5.75 Å². The van der Waals surface area contributed by atoms with Crippen LogP contribution < -0.4 is 9.80 Å². The van der Waals surface area contributed by atoms with Crippen LogP contribution in [0.4, 0.5) is 11.4 Å². The highest BCUT2D eigenvalue weighted by Crippen LogP contribution is 2.43. The molecule has 180 valence electrons. The minimum absolute atomic E-state index is 0.0405. The van der Waals surface area contributed by atoms with E-state index in [2.05, 4.69) is 18.7 Å². The van der Waals surface area contributed by atoms with Gasteiger partial charge in [0.2, 0.25) is 0 Å². The van der Waals surface area contributed by atoms with E-state index < -0.39 is 17.7 Å². The topological polar surface area (TPSA) is 81.1 Å². The van der Waals surface area contributed by atoms with Gasteiger partial charge in [0.1, 0.15) is 11.5 Å². The molecular weight excluding hydrogens is 487 g/mol. The van der Waals surface area contributed by atoms with Crippen LogP contribution >= 0.6 is 23.2 Å². The summed E-state index contributed by atoms with van der Waals surface area (Å²) in [6.07, 6.45) is 0. The lowest BCUT2D eigenvalue weighted by Crippen LogP contribution is -2.29. The van der Waals surface area contributed by atoms with E-state index in [1.807, 2.05) is 12.1 Å². The van der Waals surface area contributed by atoms with Crippen LogP contribution in [0.2, 0.25) is 10.0 Å². The fourth-order valence-electron chi connectivity index (χ4n) is 4.28. The van der Waals surface area contributed by atoms with Crippen molar-refractivity contribution in [2.75, 3.05) is 22.9 Å². The number of anilines is 2. The number of phenolic OH excluding ortho intramolecular Hbond substituents is 1. The van der Waals surface area contributed by atoms with E-state index in [9.17, 15) is 19.8 Å². The number of phenols is 1. The summed E-state index contributed by atoms with van der Waals surface area (Å²) in [7, 11) is 0. The minimum atomic E-state index is -0.913. The van der Waals surface area contributed by atoms with Crippen LogP contribution in [0.15, 0.2) is 72.3 Å². The van der Waals surface area contributed by atoms with E-state index in [0.717, 1.165) is 18.8 Å². The van der Waals surface area contributed by atoms with Crippen molar-refractivity contribution in [1.29, 1.82) is 0 Å². The molecule has 0 radical (unpaired) electrons. The zero-order valence-electron chi connectivity index (χ0n) is 19.2. The van der Waals surface area contributed by atoms with Crippen molar-refractivity contribution in [2.24, 2.45) is 0 Å². The molecule has 1 aliphatic heterocycles. The fraction of sp³-hybridized carbons (Fsp3) is 0.185. The third-order valence-corrected chi connectivity index (χ3v) is 6.84. The Balaban J connectivity index is 1.88. The number of Topliss-reactive ketones (excluding diaryl/α,β-unsaturated/α-hetero) is 1. The number of halogens is 2. The van der Waals surface area contributed by atoms with Gasteiger partial charge in [0.05, 0.1) is 21.7 Å². The van der Waals surface area contributed by atoms with E-state index in [1.54, 1.807) is 24.3 Å². The average Bonchev–Trinajstić information content (AvgIpc) is 3.12. The van der Waals surface area contributed by atoms with E-state index in [1.165, 1.54) is 35.2 Å². The first-order chi connectivity index (χ1) is 16.8. The number of hydrogen-bond acceptors (Lipinski definition) is 5. The van der Waals surface area contributed by atoms with Gasteiger partial charge >= 0.3 is 0 Å². The normalized spacial score (nSPS) is 17.1. The summed E-state index contributed by atoms with van der Waals surface area (Å²) < 4.78 is 0. The largest absolute Gasteiger partial charge is 0.508 e. The van der Waals surface area contributed by atoms with Crippen molar-refractivity contribution in [3.63, 3.8) is 0 Å². The summed E-state index contributed by atoms with van der Waals surface area (Å²) in [5, 5.41) is 21.5. The molecule has 3 aromatic carbocycles. The van der Waals surface area contributed by atoms with Crippen molar-refractivity contribution in [2.45, 2.75) is 19.9 Å². The second-order valence-electron chi connectivity index (χ2n) is 8.08. The highest BCUT2D eigenvalue weighted by atomic mass is 35.5. The number of aliphatic hydroxyl groups excluding tert-OH is 1. The Bertz CT molecular complexity index is 1300. The summed E-state index contributed by atoms with van der Waals surface area (Å²) in [6.45, 7) is 5.78. The Morgan fingerprint density at radius 2 is 1.54 bits per heavy atom. The maximum atomic E-state index is 13.3. The molecule has 1 aliphatic rings. The van der Waals surface area contributed by atoms with Gasteiger partial charge in [-0.1, -0.05) is 35.3 Å². The smallest absolute Gasteiger partial charge is 0.300 e.